The number of nitrogens with zero attached hydrogens (tertiary/aromatic N) is 3. The number of alkyl halides is 2. The molecule has 32 heavy (non-hydrogen) atoms. The molecule has 1 aromatic carbocycles. The second-order valence-corrected chi connectivity index (χ2v) is 8.37. The SMILES string of the molecule is Cc1cc(C(=O)[C@@H](C)Sc2nc(N)cc(N)c2C#N)c(C)n1-c1ccc(OC(F)F)cc1. The summed E-state index contributed by atoms with van der Waals surface area (Å²) < 4.78 is 31.0. The van der Waals surface area contributed by atoms with Crippen LogP contribution in [0.1, 0.15) is 34.2 Å². The average molecular weight is 458 g/mol. The molecule has 2 heterocycles. The molecule has 4 N–H and O–H groups in total. The second kappa shape index (κ2) is 9.28. The molecule has 0 aliphatic carbocycles. The number of rotatable bonds is 7. The fraction of sp³-hybridized carbons (Fsp3) is 0.227. The Kier molecular flexibility index (Phi) is 6.69. The van der Waals surface area contributed by atoms with Gasteiger partial charge in [0.25, 0.3) is 0 Å². The third kappa shape index (κ3) is 4.68. The Morgan fingerprint density at radius 1 is 1.22 bits per heavy atom. The maximum atomic E-state index is 13.2. The van der Waals surface area contributed by atoms with Crippen LogP contribution in [0.15, 0.2) is 41.4 Å². The molecule has 0 fully saturated rings. The van der Waals surface area contributed by atoms with E-state index in [1.54, 1.807) is 32.0 Å². The number of nitriles is 1. The van der Waals surface area contributed by atoms with Crippen LogP contribution in [0, 0.1) is 25.2 Å². The average Bonchev–Trinajstić information content (AvgIpc) is 3.01. The van der Waals surface area contributed by atoms with Crippen LogP contribution in [0.2, 0.25) is 0 Å². The first-order chi connectivity index (χ1) is 15.1. The minimum absolute atomic E-state index is 0.0507. The molecular weight excluding hydrogens is 436 g/mol. The summed E-state index contributed by atoms with van der Waals surface area (Å²) in [5.41, 5.74) is 14.7. The molecule has 1 atom stereocenters. The van der Waals surface area contributed by atoms with E-state index in [1.807, 2.05) is 17.6 Å². The van der Waals surface area contributed by atoms with E-state index in [2.05, 4.69) is 9.72 Å². The van der Waals surface area contributed by atoms with Crippen molar-refractivity contribution in [2.24, 2.45) is 0 Å². The molecule has 10 heteroatoms. The van der Waals surface area contributed by atoms with E-state index >= 15 is 0 Å². The third-order valence-electron chi connectivity index (χ3n) is 4.82. The summed E-state index contributed by atoms with van der Waals surface area (Å²) in [5.74, 6) is 0.0644. The highest BCUT2D eigenvalue weighted by atomic mass is 32.2. The van der Waals surface area contributed by atoms with Crippen molar-refractivity contribution in [2.75, 3.05) is 11.5 Å². The first kappa shape index (κ1) is 23.1. The highest BCUT2D eigenvalue weighted by Crippen LogP contribution is 2.32. The summed E-state index contributed by atoms with van der Waals surface area (Å²) in [7, 11) is 0. The van der Waals surface area contributed by atoms with E-state index in [1.165, 1.54) is 18.2 Å². The first-order valence-corrected chi connectivity index (χ1v) is 10.4. The number of nitrogen functional groups attached to an aromatic ring is 2. The van der Waals surface area contributed by atoms with Gasteiger partial charge in [0.15, 0.2) is 5.78 Å². The van der Waals surface area contributed by atoms with Gasteiger partial charge in [-0.1, -0.05) is 11.8 Å². The molecule has 0 spiro atoms. The monoisotopic (exact) mass is 457 g/mol. The van der Waals surface area contributed by atoms with E-state index in [9.17, 15) is 18.8 Å². The number of anilines is 2. The Morgan fingerprint density at radius 3 is 2.47 bits per heavy atom. The predicted octanol–water partition coefficient (Wildman–Crippen LogP) is 4.49. The topological polar surface area (TPSA) is 120 Å². The van der Waals surface area contributed by atoms with Crippen molar-refractivity contribution in [3.05, 3.63) is 58.9 Å². The number of aromatic nitrogens is 2. The maximum absolute atomic E-state index is 13.2. The molecule has 0 aliphatic rings. The number of benzene rings is 1. The van der Waals surface area contributed by atoms with E-state index in [0.29, 0.717) is 22.0 Å². The molecule has 0 saturated carbocycles. The molecule has 0 unspecified atom stereocenters. The zero-order chi connectivity index (χ0) is 23.6. The molecule has 3 aromatic rings. The predicted molar refractivity (Wildman–Crippen MR) is 119 cm³/mol. The normalized spacial score (nSPS) is 11.9. The molecule has 2 aromatic heterocycles. The molecule has 0 bridgehead atoms. The van der Waals surface area contributed by atoms with Crippen molar-refractivity contribution in [1.29, 1.82) is 5.26 Å². The Bertz CT molecular complexity index is 1200. The summed E-state index contributed by atoms with van der Waals surface area (Å²) in [6, 6.07) is 11.3. The van der Waals surface area contributed by atoms with Gasteiger partial charge in [0.1, 0.15) is 28.2 Å². The summed E-state index contributed by atoms with van der Waals surface area (Å²) in [6.07, 6.45) is 0. The number of pyridine rings is 1. The van der Waals surface area contributed by atoms with E-state index < -0.39 is 11.9 Å². The second-order valence-electron chi connectivity index (χ2n) is 7.05. The maximum Gasteiger partial charge on any atom is 0.387 e. The number of nitrogens with two attached hydrogens (primary N) is 2. The highest BCUT2D eigenvalue weighted by Gasteiger charge is 2.24. The standard InChI is InChI=1S/C22H21F2N5O2S/c1-11-8-16(12(2)29(11)14-4-6-15(7-5-14)31-22(23)24)20(30)13(3)32-21-17(10-25)18(26)9-19(27)28-21/h4-9,13,22H,1-3H3,(H4,26,27,28)/t13-/m1/s1. The van der Waals surface area contributed by atoms with Crippen LogP contribution in [0.5, 0.6) is 5.75 Å². The Morgan fingerprint density at radius 2 is 1.88 bits per heavy atom. The van der Waals surface area contributed by atoms with Crippen molar-refractivity contribution >= 4 is 29.1 Å². The number of aryl methyl sites for hydroxylation is 1. The van der Waals surface area contributed by atoms with Crippen LogP contribution in [0.3, 0.4) is 0 Å². The molecule has 3 rings (SSSR count). The number of Topliss-reactive ketones (excluding diaryl/α,β-unsaturated/α-hetero) is 1. The summed E-state index contributed by atoms with van der Waals surface area (Å²) in [6.45, 7) is 2.47. The fourth-order valence-electron chi connectivity index (χ4n) is 3.38. The van der Waals surface area contributed by atoms with Crippen LogP contribution < -0.4 is 16.2 Å². The molecule has 0 saturated heterocycles. The van der Waals surface area contributed by atoms with Crippen LogP contribution in [-0.4, -0.2) is 27.2 Å². The fourth-order valence-corrected chi connectivity index (χ4v) is 4.39. The van der Waals surface area contributed by atoms with Gasteiger partial charge in [-0.25, -0.2) is 4.98 Å². The Hall–Kier alpha value is -3.58. The van der Waals surface area contributed by atoms with E-state index in [-0.39, 0.29) is 28.6 Å². The van der Waals surface area contributed by atoms with Crippen molar-refractivity contribution in [2.45, 2.75) is 37.7 Å². The van der Waals surface area contributed by atoms with Gasteiger partial charge >= 0.3 is 6.61 Å². The van der Waals surface area contributed by atoms with Gasteiger partial charge in [0.2, 0.25) is 0 Å². The lowest BCUT2D eigenvalue weighted by Crippen LogP contribution is -2.15. The zero-order valence-corrected chi connectivity index (χ0v) is 18.4. The molecule has 0 aliphatic heterocycles. The number of halogens is 2. The van der Waals surface area contributed by atoms with Crippen molar-refractivity contribution in [3.8, 4) is 17.5 Å². The summed E-state index contributed by atoms with van der Waals surface area (Å²) in [4.78, 5) is 17.4. The van der Waals surface area contributed by atoms with Gasteiger partial charge in [0.05, 0.1) is 10.9 Å². The minimum atomic E-state index is -2.90. The third-order valence-corrected chi connectivity index (χ3v) is 5.91. The number of carbonyl (C=O) groups is 1. The van der Waals surface area contributed by atoms with Gasteiger partial charge in [-0.05, 0) is 51.1 Å². The lowest BCUT2D eigenvalue weighted by molar-refractivity contribution is -0.0498. The van der Waals surface area contributed by atoms with Crippen LogP contribution >= 0.6 is 11.8 Å². The molecular formula is C22H21F2N5O2S. The molecule has 7 nitrogen and oxygen atoms in total. The minimum Gasteiger partial charge on any atom is -0.435 e. The lowest BCUT2D eigenvalue weighted by Gasteiger charge is -2.13. The number of ether oxygens (including phenoxy) is 1. The van der Waals surface area contributed by atoms with Crippen LogP contribution in [0.25, 0.3) is 5.69 Å². The van der Waals surface area contributed by atoms with Crippen molar-refractivity contribution in [1.82, 2.24) is 9.55 Å². The van der Waals surface area contributed by atoms with E-state index in [4.69, 9.17) is 11.5 Å². The highest BCUT2D eigenvalue weighted by molar-refractivity contribution is 8.00. The van der Waals surface area contributed by atoms with Crippen LogP contribution in [0.4, 0.5) is 20.3 Å². The van der Waals surface area contributed by atoms with Gasteiger partial charge in [-0.3, -0.25) is 4.79 Å². The Labute approximate surface area is 188 Å². The van der Waals surface area contributed by atoms with Crippen LogP contribution in [-0.2, 0) is 0 Å². The van der Waals surface area contributed by atoms with Gasteiger partial charge in [-0.2, -0.15) is 14.0 Å². The number of carbonyl (C=O) groups excluding carboxylic acids is 1. The molecule has 0 radical (unpaired) electrons. The quantitative estimate of drug-likeness (QED) is 0.396. The summed E-state index contributed by atoms with van der Waals surface area (Å²) >= 11 is 1.11. The van der Waals surface area contributed by atoms with Crippen molar-refractivity contribution in [3.63, 3.8) is 0 Å². The zero-order valence-electron chi connectivity index (χ0n) is 17.6. The first-order valence-electron chi connectivity index (χ1n) is 9.53. The van der Waals surface area contributed by atoms with E-state index in [0.717, 1.165) is 17.5 Å². The van der Waals surface area contributed by atoms with Gasteiger partial charge < -0.3 is 20.8 Å². The molecule has 166 valence electrons. The largest absolute Gasteiger partial charge is 0.435 e. The van der Waals surface area contributed by atoms with Gasteiger partial charge in [0, 0.05) is 28.7 Å². The Balaban J connectivity index is 1.88. The number of ketones is 1. The lowest BCUT2D eigenvalue weighted by atomic mass is 10.1. The molecule has 0 amide bonds. The summed E-state index contributed by atoms with van der Waals surface area (Å²) in [5, 5.41) is 9.11. The smallest absolute Gasteiger partial charge is 0.387 e. The van der Waals surface area contributed by atoms with Gasteiger partial charge in [-0.15, -0.1) is 0 Å². The van der Waals surface area contributed by atoms with Crippen molar-refractivity contribution < 1.29 is 18.3 Å². The number of hydrogen-bond donors (Lipinski definition) is 2. The number of thioether (sulfide) groups is 1. The number of hydrogen-bond acceptors (Lipinski definition) is 7.